The fourth-order valence-electron chi connectivity index (χ4n) is 8.12. The average molecular weight is 664 g/mol. The summed E-state index contributed by atoms with van der Waals surface area (Å²) in [5.74, 6) is 0.628. The number of para-hydroxylation sites is 4. The van der Waals surface area contributed by atoms with E-state index in [4.69, 9.17) is 14.4 Å². The Labute approximate surface area is 298 Å². The quantitative estimate of drug-likeness (QED) is 0.188. The first-order chi connectivity index (χ1) is 25.8. The second kappa shape index (κ2) is 11.2. The van der Waals surface area contributed by atoms with Crippen LogP contribution < -0.4 is 0 Å². The molecule has 8 aromatic carbocycles. The van der Waals surface area contributed by atoms with Crippen LogP contribution in [-0.4, -0.2) is 14.5 Å². The predicted molar refractivity (Wildman–Crippen MR) is 215 cm³/mol. The molecule has 0 aliphatic heterocycles. The zero-order chi connectivity index (χ0) is 34.2. The summed E-state index contributed by atoms with van der Waals surface area (Å²) in [5, 5.41) is 7.91. The highest BCUT2D eigenvalue weighted by Gasteiger charge is 2.23. The van der Waals surface area contributed by atoms with Crippen molar-refractivity contribution in [2.24, 2.45) is 0 Å². The van der Waals surface area contributed by atoms with Crippen molar-refractivity contribution in [2.75, 3.05) is 0 Å². The van der Waals surface area contributed by atoms with Crippen molar-refractivity contribution in [3.63, 3.8) is 0 Å². The lowest BCUT2D eigenvalue weighted by Crippen LogP contribution is -2.04. The van der Waals surface area contributed by atoms with Crippen molar-refractivity contribution in [3.8, 4) is 39.5 Å². The lowest BCUT2D eigenvalue weighted by Gasteiger charge is -2.13. The molecule has 0 saturated heterocycles. The first kappa shape index (κ1) is 28.8. The van der Waals surface area contributed by atoms with Crippen molar-refractivity contribution in [3.05, 3.63) is 176 Å². The summed E-state index contributed by atoms with van der Waals surface area (Å²) in [4.78, 5) is 10.7. The monoisotopic (exact) mass is 663 g/mol. The van der Waals surface area contributed by atoms with Crippen LogP contribution in [0, 0.1) is 0 Å². The highest BCUT2D eigenvalue weighted by Crippen LogP contribution is 2.45. The van der Waals surface area contributed by atoms with Crippen LogP contribution in [0.15, 0.2) is 180 Å². The van der Waals surface area contributed by atoms with E-state index in [9.17, 15) is 0 Å². The molecule has 0 fully saturated rings. The molecule has 0 radical (unpaired) electrons. The van der Waals surface area contributed by atoms with Gasteiger partial charge in [-0.3, -0.25) is 4.57 Å². The van der Waals surface area contributed by atoms with Crippen LogP contribution in [0.4, 0.5) is 0 Å². The first-order valence-corrected chi connectivity index (χ1v) is 17.6. The molecule has 0 unspecified atom stereocenters. The fourth-order valence-corrected chi connectivity index (χ4v) is 8.12. The number of hydrogen-bond acceptors (Lipinski definition) is 3. The summed E-state index contributed by atoms with van der Waals surface area (Å²) in [6, 6.07) is 61.7. The van der Waals surface area contributed by atoms with Gasteiger partial charge in [-0.25, -0.2) is 9.97 Å². The number of furan rings is 1. The molecule has 242 valence electrons. The van der Waals surface area contributed by atoms with Crippen molar-refractivity contribution in [2.45, 2.75) is 0 Å². The number of benzene rings is 8. The van der Waals surface area contributed by atoms with E-state index in [1.807, 2.05) is 18.2 Å². The largest absolute Gasteiger partial charge is 0.455 e. The van der Waals surface area contributed by atoms with Gasteiger partial charge in [0.1, 0.15) is 11.2 Å². The van der Waals surface area contributed by atoms with Crippen molar-refractivity contribution in [1.82, 2.24) is 14.5 Å². The second-order valence-electron chi connectivity index (χ2n) is 13.3. The Balaban J connectivity index is 1.27. The number of hydrogen-bond donors (Lipinski definition) is 0. The number of aromatic nitrogens is 3. The van der Waals surface area contributed by atoms with Crippen molar-refractivity contribution < 1.29 is 4.42 Å². The maximum atomic E-state index is 6.96. The fraction of sp³-hybridized carbons (Fsp3) is 0. The van der Waals surface area contributed by atoms with E-state index >= 15 is 0 Å². The first-order valence-electron chi connectivity index (χ1n) is 17.6. The Morgan fingerprint density at radius 2 is 1.00 bits per heavy atom. The zero-order valence-corrected chi connectivity index (χ0v) is 28.0. The summed E-state index contributed by atoms with van der Waals surface area (Å²) >= 11 is 0. The second-order valence-corrected chi connectivity index (χ2v) is 13.3. The Morgan fingerprint density at radius 1 is 0.404 bits per heavy atom. The summed E-state index contributed by atoms with van der Waals surface area (Å²) in [7, 11) is 0. The van der Waals surface area contributed by atoms with E-state index in [-0.39, 0.29) is 0 Å². The van der Waals surface area contributed by atoms with E-state index in [1.165, 1.54) is 16.2 Å². The molecule has 0 saturated carbocycles. The van der Waals surface area contributed by atoms with Gasteiger partial charge in [-0.15, -0.1) is 0 Å². The maximum absolute atomic E-state index is 6.96. The lowest BCUT2D eigenvalue weighted by molar-refractivity contribution is 0.671. The van der Waals surface area contributed by atoms with Gasteiger partial charge in [0, 0.05) is 49.2 Å². The Bertz CT molecular complexity index is 3180. The molecular formula is C48H29N3O. The summed E-state index contributed by atoms with van der Waals surface area (Å²) in [5.41, 5.74) is 11.0. The van der Waals surface area contributed by atoms with Crippen molar-refractivity contribution >= 4 is 65.4 Å². The number of fused-ring (bicyclic) bond motifs is 9. The third-order valence-corrected chi connectivity index (χ3v) is 10.4. The zero-order valence-electron chi connectivity index (χ0n) is 28.0. The van der Waals surface area contributed by atoms with E-state index < -0.39 is 0 Å². The molecule has 4 heteroatoms. The van der Waals surface area contributed by atoms with Gasteiger partial charge in [0.25, 0.3) is 0 Å². The summed E-state index contributed by atoms with van der Waals surface area (Å²) in [6.45, 7) is 0. The van der Waals surface area contributed by atoms with E-state index in [0.717, 1.165) is 82.8 Å². The van der Waals surface area contributed by atoms with E-state index in [2.05, 4.69) is 162 Å². The van der Waals surface area contributed by atoms with E-state index in [0.29, 0.717) is 5.95 Å². The molecule has 52 heavy (non-hydrogen) atoms. The van der Waals surface area contributed by atoms with Crippen LogP contribution >= 0.6 is 0 Å². The van der Waals surface area contributed by atoms with Gasteiger partial charge in [-0.1, -0.05) is 164 Å². The molecule has 4 nitrogen and oxygen atoms in total. The summed E-state index contributed by atoms with van der Waals surface area (Å²) in [6.07, 6.45) is 0. The molecule has 0 aliphatic rings. The molecule has 11 aromatic rings. The normalized spacial score (nSPS) is 11.8. The highest BCUT2D eigenvalue weighted by atomic mass is 16.3. The van der Waals surface area contributed by atoms with Crippen LogP contribution in [-0.2, 0) is 0 Å². The molecular weight excluding hydrogens is 635 g/mol. The third kappa shape index (κ3) is 4.21. The minimum Gasteiger partial charge on any atom is -0.455 e. The van der Waals surface area contributed by atoms with Gasteiger partial charge in [0.15, 0.2) is 0 Å². The van der Waals surface area contributed by atoms with Gasteiger partial charge < -0.3 is 4.42 Å². The van der Waals surface area contributed by atoms with Crippen LogP contribution in [0.25, 0.3) is 105 Å². The molecule has 0 bridgehead atoms. The Morgan fingerprint density at radius 3 is 1.79 bits per heavy atom. The van der Waals surface area contributed by atoms with Crippen LogP contribution in [0.3, 0.4) is 0 Å². The SMILES string of the molecule is c1ccc(-c2nc(-n3c4ccc5ccccc5c4c4cccc(-c5cccc6c5oc5c(-c7ccccc7)cccc56)c43)nc3ccccc23)cc1. The standard InChI is InChI=1S/C48H29N3O/c1-3-14-30(15-4-1)34-21-11-24-37-38-25-13-23-36(47(38)52-46(34)37)35-22-12-26-40-43-33-19-8-7-16-31(33)28-29-42(43)51(45(35)40)48-49-41-27-10-9-20-39(41)44(50-48)32-17-5-2-6-18-32/h1-29H. The third-order valence-electron chi connectivity index (χ3n) is 10.4. The maximum Gasteiger partial charge on any atom is 0.235 e. The minimum atomic E-state index is 0.628. The molecule has 3 heterocycles. The smallest absolute Gasteiger partial charge is 0.235 e. The van der Waals surface area contributed by atoms with Crippen molar-refractivity contribution in [1.29, 1.82) is 0 Å². The van der Waals surface area contributed by atoms with E-state index in [1.54, 1.807) is 0 Å². The van der Waals surface area contributed by atoms with Gasteiger partial charge in [-0.05, 0) is 28.5 Å². The number of rotatable bonds is 4. The molecule has 11 rings (SSSR count). The van der Waals surface area contributed by atoms with Gasteiger partial charge in [0.2, 0.25) is 5.95 Å². The lowest BCUT2D eigenvalue weighted by atomic mass is 9.98. The predicted octanol–water partition coefficient (Wildman–Crippen LogP) is 12.8. The van der Waals surface area contributed by atoms with Gasteiger partial charge in [0.05, 0.1) is 22.2 Å². The number of nitrogens with zero attached hydrogens (tertiary/aromatic N) is 3. The summed E-state index contributed by atoms with van der Waals surface area (Å²) < 4.78 is 9.22. The molecule has 3 aromatic heterocycles. The molecule has 0 N–H and O–H groups in total. The Kier molecular flexibility index (Phi) is 6.22. The Hall–Kier alpha value is -7.04. The highest BCUT2D eigenvalue weighted by molar-refractivity contribution is 6.24. The molecule has 0 spiro atoms. The molecule has 0 aliphatic carbocycles. The van der Waals surface area contributed by atoms with Gasteiger partial charge >= 0.3 is 0 Å². The van der Waals surface area contributed by atoms with Gasteiger partial charge in [-0.2, -0.15) is 0 Å². The van der Waals surface area contributed by atoms with Crippen LogP contribution in [0.2, 0.25) is 0 Å². The molecule has 0 amide bonds. The average Bonchev–Trinajstić information content (AvgIpc) is 3.78. The van der Waals surface area contributed by atoms with Crippen LogP contribution in [0.1, 0.15) is 0 Å². The van der Waals surface area contributed by atoms with Crippen LogP contribution in [0.5, 0.6) is 0 Å². The minimum absolute atomic E-state index is 0.628. The molecule has 0 atom stereocenters. The topological polar surface area (TPSA) is 43.9 Å².